The van der Waals surface area contributed by atoms with Gasteiger partial charge in [-0.2, -0.15) is 0 Å². The Kier molecular flexibility index (Phi) is 3.77. The standard InChI is InChI=1S/C14H15N3O2S2/c1-8-6-15-11(9(2)12(8)19-3)7-21(18)14-16-10-4-5-20-13(10)17-14/h4-6H,7H2,1-3H3,(H,16,17). The van der Waals surface area contributed by atoms with Crippen LogP contribution in [0.3, 0.4) is 0 Å². The summed E-state index contributed by atoms with van der Waals surface area (Å²) < 4.78 is 17.8. The molecule has 0 amide bonds. The van der Waals surface area contributed by atoms with Crippen molar-refractivity contribution in [2.24, 2.45) is 0 Å². The molecule has 0 fully saturated rings. The van der Waals surface area contributed by atoms with Crippen LogP contribution in [0, 0.1) is 13.8 Å². The number of fused-ring (bicyclic) bond motifs is 1. The van der Waals surface area contributed by atoms with E-state index in [1.54, 1.807) is 13.3 Å². The van der Waals surface area contributed by atoms with Gasteiger partial charge in [0, 0.05) is 17.3 Å². The Morgan fingerprint density at radius 3 is 2.95 bits per heavy atom. The maximum atomic E-state index is 12.5. The van der Waals surface area contributed by atoms with Gasteiger partial charge >= 0.3 is 0 Å². The number of H-pyrrole nitrogens is 1. The Morgan fingerprint density at radius 2 is 2.24 bits per heavy atom. The van der Waals surface area contributed by atoms with Crippen molar-refractivity contribution >= 4 is 32.5 Å². The quantitative estimate of drug-likeness (QED) is 0.802. The van der Waals surface area contributed by atoms with Crippen molar-refractivity contribution in [2.75, 3.05) is 7.11 Å². The van der Waals surface area contributed by atoms with Gasteiger partial charge in [0.1, 0.15) is 10.6 Å². The van der Waals surface area contributed by atoms with Gasteiger partial charge in [0.15, 0.2) is 5.16 Å². The molecule has 0 aliphatic rings. The van der Waals surface area contributed by atoms with Crippen LogP contribution in [0.5, 0.6) is 5.75 Å². The SMILES string of the molecule is COc1c(C)cnc(CS(=O)c2nc3sccc3[nH]2)c1C. The zero-order valence-electron chi connectivity index (χ0n) is 12.0. The fourth-order valence-corrected chi connectivity index (χ4v) is 4.11. The highest BCUT2D eigenvalue weighted by Gasteiger charge is 2.16. The van der Waals surface area contributed by atoms with E-state index in [9.17, 15) is 4.21 Å². The van der Waals surface area contributed by atoms with Crippen molar-refractivity contribution in [1.29, 1.82) is 0 Å². The number of aromatic amines is 1. The molecule has 1 N–H and O–H groups in total. The third kappa shape index (κ3) is 2.58. The number of hydrogen-bond donors (Lipinski definition) is 1. The Labute approximate surface area is 128 Å². The number of rotatable bonds is 4. The zero-order chi connectivity index (χ0) is 15.0. The van der Waals surface area contributed by atoms with Gasteiger partial charge in [0.2, 0.25) is 0 Å². The van der Waals surface area contributed by atoms with Crippen LogP contribution in [0.1, 0.15) is 16.8 Å². The molecule has 0 bridgehead atoms. The van der Waals surface area contributed by atoms with E-state index in [4.69, 9.17) is 4.74 Å². The van der Waals surface area contributed by atoms with Crippen molar-refractivity contribution in [2.45, 2.75) is 24.8 Å². The summed E-state index contributed by atoms with van der Waals surface area (Å²) in [7, 11) is 0.385. The summed E-state index contributed by atoms with van der Waals surface area (Å²) in [6.07, 6.45) is 1.75. The smallest absolute Gasteiger partial charge is 0.198 e. The first kappa shape index (κ1) is 14.2. The molecule has 0 aromatic carbocycles. The second-order valence-corrected chi connectivity index (χ2v) is 6.98. The van der Waals surface area contributed by atoms with Crippen molar-refractivity contribution in [3.8, 4) is 5.75 Å². The molecule has 3 aromatic heterocycles. The fraction of sp³-hybridized carbons (Fsp3) is 0.286. The molecule has 0 aliphatic carbocycles. The number of nitrogens with zero attached hydrogens (tertiary/aromatic N) is 2. The molecule has 0 saturated heterocycles. The van der Waals surface area contributed by atoms with Gasteiger partial charge in [-0.25, -0.2) is 4.98 Å². The highest BCUT2D eigenvalue weighted by molar-refractivity contribution is 7.84. The van der Waals surface area contributed by atoms with Gasteiger partial charge in [0.25, 0.3) is 0 Å². The third-order valence-electron chi connectivity index (χ3n) is 3.32. The van der Waals surface area contributed by atoms with Gasteiger partial charge in [-0.3, -0.25) is 9.19 Å². The summed E-state index contributed by atoms with van der Waals surface area (Å²) in [4.78, 5) is 12.7. The van der Waals surface area contributed by atoms with Gasteiger partial charge in [0.05, 0.1) is 34.9 Å². The lowest BCUT2D eigenvalue weighted by atomic mass is 10.1. The van der Waals surface area contributed by atoms with Crippen molar-refractivity contribution in [3.63, 3.8) is 0 Å². The predicted octanol–water partition coefficient (Wildman–Crippen LogP) is 2.95. The van der Waals surface area contributed by atoms with Crippen LogP contribution < -0.4 is 4.74 Å². The molecule has 0 radical (unpaired) electrons. The van der Waals surface area contributed by atoms with Crippen molar-refractivity contribution in [3.05, 3.63) is 34.5 Å². The first-order valence-corrected chi connectivity index (χ1v) is 8.60. The monoisotopic (exact) mass is 321 g/mol. The number of hydrogen-bond acceptors (Lipinski definition) is 5. The number of pyridine rings is 1. The van der Waals surface area contributed by atoms with E-state index in [-0.39, 0.29) is 0 Å². The van der Waals surface area contributed by atoms with Gasteiger partial charge in [-0.05, 0) is 25.3 Å². The molecule has 5 nitrogen and oxygen atoms in total. The number of imidazole rings is 1. The second-order valence-electron chi connectivity index (χ2n) is 4.72. The summed E-state index contributed by atoms with van der Waals surface area (Å²) in [5, 5.41) is 2.45. The van der Waals surface area contributed by atoms with Gasteiger partial charge in [-0.1, -0.05) is 0 Å². The summed E-state index contributed by atoms with van der Waals surface area (Å²) >= 11 is 1.53. The zero-order valence-corrected chi connectivity index (χ0v) is 13.6. The Morgan fingerprint density at radius 1 is 1.43 bits per heavy atom. The van der Waals surface area contributed by atoms with E-state index in [2.05, 4.69) is 15.0 Å². The third-order valence-corrected chi connectivity index (χ3v) is 5.29. The lowest BCUT2D eigenvalue weighted by Crippen LogP contribution is -2.05. The molecule has 0 spiro atoms. The minimum atomic E-state index is -1.25. The lowest BCUT2D eigenvalue weighted by Gasteiger charge is -2.11. The normalized spacial score (nSPS) is 12.7. The number of thiophene rings is 1. The molecule has 7 heteroatoms. The summed E-state index contributed by atoms with van der Waals surface area (Å²) in [5.41, 5.74) is 3.60. The second kappa shape index (κ2) is 5.57. The average molecular weight is 321 g/mol. The van der Waals surface area contributed by atoms with Gasteiger partial charge < -0.3 is 9.72 Å². The van der Waals surface area contributed by atoms with Crippen LogP contribution in [-0.4, -0.2) is 26.3 Å². The Hall–Kier alpha value is -1.73. The first-order valence-electron chi connectivity index (χ1n) is 6.40. The Balaban J connectivity index is 1.89. The predicted molar refractivity (Wildman–Crippen MR) is 84.3 cm³/mol. The van der Waals surface area contributed by atoms with E-state index in [0.29, 0.717) is 10.9 Å². The molecular weight excluding hydrogens is 306 g/mol. The molecule has 21 heavy (non-hydrogen) atoms. The molecule has 1 atom stereocenters. The molecule has 1 unspecified atom stereocenters. The number of aromatic nitrogens is 3. The van der Waals surface area contributed by atoms with Crippen molar-refractivity contribution < 1.29 is 8.95 Å². The Bertz CT molecular complexity index is 794. The van der Waals surface area contributed by atoms with Crippen LogP contribution in [0.15, 0.2) is 22.8 Å². The summed E-state index contributed by atoms with van der Waals surface area (Å²) in [6.45, 7) is 3.88. The van der Waals surface area contributed by atoms with E-state index in [0.717, 1.165) is 32.9 Å². The molecular formula is C14H15N3O2S2. The lowest BCUT2D eigenvalue weighted by molar-refractivity contribution is 0.407. The topological polar surface area (TPSA) is 67.9 Å². The maximum absolute atomic E-state index is 12.5. The average Bonchev–Trinajstić information content (AvgIpc) is 3.03. The largest absolute Gasteiger partial charge is 0.496 e. The molecule has 0 saturated carbocycles. The molecule has 110 valence electrons. The summed E-state index contributed by atoms with van der Waals surface area (Å²) in [6, 6.07) is 1.94. The van der Waals surface area contributed by atoms with Crippen LogP contribution >= 0.6 is 11.3 Å². The highest BCUT2D eigenvalue weighted by Crippen LogP contribution is 2.26. The van der Waals surface area contributed by atoms with Crippen LogP contribution in [0.4, 0.5) is 0 Å². The van der Waals surface area contributed by atoms with Crippen LogP contribution in [0.25, 0.3) is 10.3 Å². The molecule has 0 aliphatic heterocycles. The fourth-order valence-electron chi connectivity index (χ4n) is 2.24. The molecule has 3 rings (SSSR count). The maximum Gasteiger partial charge on any atom is 0.198 e. The van der Waals surface area contributed by atoms with Crippen LogP contribution in [0.2, 0.25) is 0 Å². The molecule has 3 aromatic rings. The molecule has 3 heterocycles. The first-order chi connectivity index (χ1) is 10.1. The summed E-state index contributed by atoms with van der Waals surface area (Å²) in [5.74, 6) is 1.13. The number of ether oxygens (including phenoxy) is 1. The number of aryl methyl sites for hydroxylation is 1. The van der Waals surface area contributed by atoms with E-state index in [1.807, 2.05) is 25.3 Å². The van der Waals surface area contributed by atoms with Gasteiger partial charge in [-0.15, -0.1) is 11.3 Å². The highest BCUT2D eigenvalue weighted by atomic mass is 32.2. The van der Waals surface area contributed by atoms with Crippen LogP contribution in [-0.2, 0) is 16.6 Å². The minimum absolute atomic E-state index is 0.323. The van der Waals surface area contributed by atoms with E-state index in [1.165, 1.54) is 11.3 Å². The number of nitrogens with one attached hydrogen (secondary N) is 1. The van der Waals surface area contributed by atoms with E-state index < -0.39 is 10.8 Å². The number of methoxy groups -OCH3 is 1. The van der Waals surface area contributed by atoms with E-state index >= 15 is 0 Å². The minimum Gasteiger partial charge on any atom is -0.496 e. The van der Waals surface area contributed by atoms with Crippen molar-refractivity contribution in [1.82, 2.24) is 15.0 Å².